The lowest BCUT2D eigenvalue weighted by molar-refractivity contribution is -0.126. The van der Waals surface area contributed by atoms with Crippen molar-refractivity contribution in [2.45, 2.75) is 37.8 Å². The van der Waals surface area contributed by atoms with E-state index >= 15 is 0 Å². The first-order valence-corrected chi connectivity index (χ1v) is 13.0. The number of anilines is 4. The number of aromatic nitrogens is 2. The zero-order chi connectivity index (χ0) is 24.8. The van der Waals surface area contributed by atoms with Crippen LogP contribution in [0.4, 0.5) is 27.5 Å². The average Bonchev–Trinajstić information content (AvgIpc) is 3.25. The van der Waals surface area contributed by atoms with Gasteiger partial charge in [-0.25, -0.2) is 9.37 Å². The first-order chi connectivity index (χ1) is 17.4. The number of fused-ring (bicyclic) bond motifs is 3. The molecule has 6 rings (SSSR count). The number of rotatable bonds is 9. The molecule has 2 heterocycles. The van der Waals surface area contributed by atoms with E-state index in [0.29, 0.717) is 12.0 Å². The quantitative estimate of drug-likeness (QED) is 0.465. The molecule has 2 fully saturated rings. The number of halogens is 1. The molecule has 3 N–H and O–H groups in total. The molecule has 1 amide bonds. The van der Waals surface area contributed by atoms with Gasteiger partial charge in [-0.1, -0.05) is 12.2 Å². The van der Waals surface area contributed by atoms with Crippen molar-refractivity contribution in [3.63, 3.8) is 0 Å². The van der Waals surface area contributed by atoms with Crippen LogP contribution in [0, 0.1) is 23.6 Å². The Morgan fingerprint density at radius 2 is 2.06 bits per heavy atom. The smallest absolute Gasteiger partial charge is 0.229 e. The summed E-state index contributed by atoms with van der Waals surface area (Å²) < 4.78 is 14.8. The van der Waals surface area contributed by atoms with E-state index in [1.54, 1.807) is 0 Å². The van der Waals surface area contributed by atoms with Crippen LogP contribution in [-0.2, 0) is 11.2 Å². The number of amides is 1. The first kappa shape index (κ1) is 23.2. The van der Waals surface area contributed by atoms with Crippen LogP contribution in [0.25, 0.3) is 0 Å². The zero-order valence-electron chi connectivity index (χ0n) is 20.9. The second-order valence-corrected chi connectivity index (χ2v) is 10.8. The highest BCUT2D eigenvalue weighted by atomic mass is 19.1. The second kappa shape index (κ2) is 9.35. The van der Waals surface area contributed by atoms with Gasteiger partial charge in [0.15, 0.2) is 11.6 Å². The lowest BCUT2D eigenvalue weighted by Gasteiger charge is -2.28. The minimum atomic E-state index is -0.515. The maximum absolute atomic E-state index is 14.8. The SMILES string of the molecule is CN(C)CCN1CCc2cc(Nc3ncc(F)c(NC4C5C=CC(C5)C4C(=O)NC4CC4)n3)ccc21. The Hall–Kier alpha value is -3.20. The summed E-state index contributed by atoms with van der Waals surface area (Å²) in [5, 5.41) is 9.65. The Labute approximate surface area is 211 Å². The largest absolute Gasteiger partial charge is 0.370 e. The van der Waals surface area contributed by atoms with Gasteiger partial charge in [-0.2, -0.15) is 4.98 Å². The summed E-state index contributed by atoms with van der Waals surface area (Å²) in [7, 11) is 4.18. The number of hydrogen-bond donors (Lipinski definition) is 3. The van der Waals surface area contributed by atoms with E-state index in [1.165, 1.54) is 17.4 Å². The van der Waals surface area contributed by atoms with Gasteiger partial charge in [0.1, 0.15) is 0 Å². The van der Waals surface area contributed by atoms with Crippen molar-refractivity contribution in [3.8, 4) is 0 Å². The van der Waals surface area contributed by atoms with Crippen molar-refractivity contribution in [1.82, 2.24) is 20.2 Å². The molecule has 0 spiro atoms. The van der Waals surface area contributed by atoms with E-state index < -0.39 is 5.82 Å². The standard InChI is InChI=1S/C27H34FN7O/c1-34(2)11-12-35-10-9-16-14-20(7-8-22(16)35)31-27-29-15-21(28)25(33-27)32-24-18-4-3-17(13-18)23(24)26(36)30-19-5-6-19/h3-4,7-8,14-15,17-19,23-24H,5-6,9-13H2,1-2H3,(H,30,36)(H2,29,31,32,33). The predicted molar refractivity (Wildman–Crippen MR) is 139 cm³/mol. The average molecular weight is 492 g/mol. The molecule has 1 aromatic carbocycles. The molecule has 0 saturated heterocycles. The first-order valence-electron chi connectivity index (χ1n) is 13.0. The molecular formula is C27H34FN7O. The Bertz CT molecular complexity index is 1180. The summed E-state index contributed by atoms with van der Waals surface area (Å²) in [6.07, 6.45) is 9.49. The van der Waals surface area contributed by atoms with Crippen LogP contribution < -0.4 is 20.9 Å². The fourth-order valence-corrected chi connectivity index (χ4v) is 5.82. The molecule has 2 bridgehead atoms. The Morgan fingerprint density at radius 1 is 1.22 bits per heavy atom. The fourth-order valence-electron chi connectivity index (χ4n) is 5.82. The van der Waals surface area contributed by atoms with Gasteiger partial charge in [0.2, 0.25) is 11.9 Å². The summed E-state index contributed by atoms with van der Waals surface area (Å²) in [4.78, 5) is 26.2. The topological polar surface area (TPSA) is 85.4 Å². The number of allylic oxidation sites excluding steroid dienone is 1. The van der Waals surface area contributed by atoms with Crippen LogP contribution in [0.15, 0.2) is 36.5 Å². The van der Waals surface area contributed by atoms with E-state index in [0.717, 1.165) is 51.0 Å². The van der Waals surface area contributed by atoms with E-state index in [9.17, 15) is 9.18 Å². The summed E-state index contributed by atoms with van der Waals surface area (Å²) in [5.74, 6) is 0.202. The van der Waals surface area contributed by atoms with Crippen molar-refractivity contribution in [3.05, 3.63) is 47.9 Å². The fraction of sp³-hybridized carbons (Fsp3) is 0.519. The van der Waals surface area contributed by atoms with Crippen LogP contribution in [0.2, 0.25) is 0 Å². The second-order valence-electron chi connectivity index (χ2n) is 10.8. The summed E-state index contributed by atoms with van der Waals surface area (Å²) in [5.41, 5.74) is 3.44. The summed E-state index contributed by atoms with van der Waals surface area (Å²) >= 11 is 0. The number of nitrogens with one attached hydrogen (secondary N) is 3. The highest BCUT2D eigenvalue weighted by Gasteiger charge is 2.49. The zero-order valence-corrected chi connectivity index (χ0v) is 20.9. The van der Waals surface area contributed by atoms with Gasteiger partial charge in [-0.3, -0.25) is 4.79 Å². The Kier molecular flexibility index (Phi) is 6.03. The Balaban J connectivity index is 1.16. The molecule has 190 valence electrons. The number of benzene rings is 1. The lowest BCUT2D eigenvalue weighted by Crippen LogP contribution is -2.44. The molecule has 36 heavy (non-hydrogen) atoms. The van der Waals surface area contributed by atoms with Crippen LogP contribution in [0.3, 0.4) is 0 Å². The molecule has 4 aliphatic rings. The minimum absolute atomic E-state index is 0.0671. The van der Waals surface area contributed by atoms with Gasteiger partial charge in [-0.15, -0.1) is 0 Å². The predicted octanol–water partition coefficient (Wildman–Crippen LogP) is 3.16. The van der Waals surface area contributed by atoms with Crippen molar-refractivity contribution < 1.29 is 9.18 Å². The molecule has 8 nitrogen and oxygen atoms in total. The van der Waals surface area contributed by atoms with Gasteiger partial charge in [0.05, 0.1) is 12.1 Å². The third-order valence-corrected chi connectivity index (χ3v) is 7.88. The molecular weight excluding hydrogens is 457 g/mol. The monoisotopic (exact) mass is 491 g/mol. The molecule has 2 saturated carbocycles. The third kappa shape index (κ3) is 4.64. The summed E-state index contributed by atoms with van der Waals surface area (Å²) in [6, 6.07) is 6.41. The number of nitrogens with zero attached hydrogens (tertiary/aromatic N) is 4. The van der Waals surface area contributed by atoms with Crippen molar-refractivity contribution in [2.24, 2.45) is 17.8 Å². The highest BCUT2D eigenvalue weighted by molar-refractivity contribution is 5.82. The van der Waals surface area contributed by atoms with Gasteiger partial charge in [-0.05, 0) is 75.4 Å². The lowest BCUT2D eigenvalue weighted by atomic mass is 9.88. The molecule has 4 unspecified atom stereocenters. The van der Waals surface area contributed by atoms with Crippen LogP contribution in [-0.4, -0.2) is 66.6 Å². The number of hydrogen-bond acceptors (Lipinski definition) is 7. The summed E-state index contributed by atoms with van der Waals surface area (Å²) in [6.45, 7) is 3.03. The maximum Gasteiger partial charge on any atom is 0.229 e. The van der Waals surface area contributed by atoms with Gasteiger partial charge >= 0.3 is 0 Å². The minimum Gasteiger partial charge on any atom is -0.370 e. The molecule has 3 aliphatic carbocycles. The van der Waals surface area contributed by atoms with E-state index in [2.05, 4.69) is 74.1 Å². The van der Waals surface area contributed by atoms with E-state index in [4.69, 9.17) is 0 Å². The number of carbonyl (C=O) groups is 1. The van der Waals surface area contributed by atoms with Crippen molar-refractivity contribution in [1.29, 1.82) is 0 Å². The van der Waals surface area contributed by atoms with Gasteiger partial charge < -0.3 is 25.8 Å². The molecule has 2 aromatic rings. The number of likely N-dealkylation sites (N-methyl/N-ethyl adjacent to an activating group) is 1. The maximum atomic E-state index is 14.8. The third-order valence-electron chi connectivity index (χ3n) is 7.88. The Morgan fingerprint density at radius 3 is 2.86 bits per heavy atom. The van der Waals surface area contributed by atoms with Crippen LogP contribution in [0.5, 0.6) is 0 Å². The normalized spacial score (nSPS) is 25.9. The molecule has 0 radical (unpaired) electrons. The molecule has 1 aliphatic heterocycles. The van der Waals surface area contributed by atoms with E-state index in [-0.39, 0.29) is 35.5 Å². The van der Waals surface area contributed by atoms with Crippen LogP contribution >= 0.6 is 0 Å². The number of carbonyl (C=O) groups excluding carboxylic acids is 1. The molecule has 9 heteroatoms. The van der Waals surface area contributed by atoms with Gasteiger partial charge in [0.25, 0.3) is 0 Å². The van der Waals surface area contributed by atoms with Crippen molar-refractivity contribution >= 4 is 29.0 Å². The van der Waals surface area contributed by atoms with Gasteiger partial charge in [0, 0.05) is 43.1 Å². The molecule has 1 aromatic heterocycles. The van der Waals surface area contributed by atoms with E-state index in [1.807, 2.05) is 6.07 Å². The van der Waals surface area contributed by atoms with Crippen molar-refractivity contribution in [2.75, 3.05) is 49.3 Å². The highest BCUT2D eigenvalue weighted by Crippen LogP contribution is 2.45. The van der Waals surface area contributed by atoms with Crippen LogP contribution in [0.1, 0.15) is 24.8 Å². The molecule has 4 atom stereocenters.